The summed E-state index contributed by atoms with van der Waals surface area (Å²) < 4.78 is 8.07. The van der Waals surface area contributed by atoms with Crippen molar-refractivity contribution in [2.24, 2.45) is 12.8 Å². The number of hydrogen-bond acceptors (Lipinski definition) is 3. The number of methoxy groups -OCH3 is 1. The average molecular weight is 310 g/mol. The van der Waals surface area contributed by atoms with Crippen molar-refractivity contribution in [1.82, 2.24) is 9.78 Å². The van der Waals surface area contributed by atoms with Gasteiger partial charge in [0, 0.05) is 11.5 Å². The van der Waals surface area contributed by atoms with E-state index in [2.05, 4.69) is 21.0 Å². The van der Waals surface area contributed by atoms with Crippen LogP contribution >= 0.6 is 15.9 Å². The van der Waals surface area contributed by atoms with E-state index in [1.165, 1.54) is 0 Å². The molecule has 96 valence electrons. The van der Waals surface area contributed by atoms with Crippen LogP contribution in [0.25, 0.3) is 0 Å². The van der Waals surface area contributed by atoms with Crippen molar-refractivity contribution in [2.75, 3.05) is 7.11 Å². The molecule has 2 rings (SSSR count). The first kappa shape index (κ1) is 13.1. The van der Waals surface area contributed by atoms with Crippen LogP contribution in [0.5, 0.6) is 5.75 Å². The zero-order chi connectivity index (χ0) is 13.3. The summed E-state index contributed by atoms with van der Waals surface area (Å²) in [5, 5.41) is 4.19. The lowest BCUT2D eigenvalue weighted by molar-refractivity contribution is 0.406. The predicted octanol–water partition coefficient (Wildman–Crippen LogP) is 2.55. The van der Waals surface area contributed by atoms with Gasteiger partial charge in [0.2, 0.25) is 0 Å². The molecule has 0 spiro atoms. The average Bonchev–Trinajstić information content (AvgIpc) is 2.72. The molecule has 1 atom stereocenters. The molecule has 1 heterocycles. The van der Waals surface area contributed by atoms with Crippen molar-refractivity contribution in [3.8, 4) is 5.75 Å². The van der Waals surface area contributed by atoms with Gasteiger partial charge in [-0.1, -0.05) is 22.0 Å². The Morgan fingerprint density at radius 3 is 2.83 bits per heavy atom. The highest BCUT2D eigenvalue weighted by Gasteiger charge is 2.20. The van der Waals surface area contributed by atoms with Gasteiger partial charge in [-0.2, -0.15) is 5.10 Å². The molecule has 0 saturated carbocycles. The van der Waals surface area contributed by atoms with E-state index >= 15 is 0 Å². The summed E-state index contributed by atoms with van der Waals surface area (Å²) in [6.45, 7) is 2.05. The molecular formula is C13H16BrN3O. The van der Waals surface area contributed by atoms with Gasteiger partial charge >= 0.3 is 0 Å². The van der Waals surface area contributed by atoms with Gasteiger partial charge in [0.1, 0.15) is 5.69 Å². The Bertz CT molecular complexity index is 565. The van der Waals surface area contributed by atoms with Crippen LogP contribution in [0.2, 0.25) is 0 Å². The van der Waals surface area contributed by atoms with Crippen molar-refractivity contribution < 1.29 is 4.74 Å². The Balaban J connectivity index is 2.50. The van der Waals surface area contributed by atoms with Crippen LogP contribution in [0.4, 0.5) is 0 Å². The second-order valence-electron chi connectivity index (χ2n) is 4.20. The van der Waals surface area contributed by atoms with Crippen LogP contribution < -0.4 is 10.5 Å². The summed E-state index contributed by atoms with van der Waals surface area (Å²) in [7, 11) is 3.49. The van der Waals surface area contributed by atoms with Gasteiger partial charge in [-0.15, -0.1) is 0 Å². The molecule has 0 saturated heterocycles. The molecule has 0 aliphatic carbocycles. The third-order valence-corrected chi connectivity index (χ3v) is 3.53. The van der Waals surface area contributed by atoms with E-state index < -0.39 is 0 Å². The zero-order valence-electron chi connectivity index (χ0n) is 10.6. The smallest absolute Gasteiger partial charge is 0.161 e. The zero-order valence-corrected chi connectivity index (χ0v) is 12.2. The summed E-state index contributed by atoms with van der Waals surface area (Å²) in [6.07, 6.45) is 1.68. The number of nitrogens with two attached hydrogens (primary N) is 1. The number of hydrogen-bond donors (Lipinski definition) is 1. The van der Waals surface area contributed by atoms with Crippen molar-refractivity contribution in [3.63, 3.8) is 0 Å². The molecule has 0 amide bonds. The molecule has 4 nitrogen and oxygen atoms in total. The molecule has 1 aromatic heterocycles. The highest BCUT2D eigenvalue weighted by Crippen LogP contribution is 2.30. The SMILES string of the molecule is COc1cnn(C)c1C(N)c1cc(Br)ccc1C. The van der Waals surface area contributed by atoms with E-state index in [0.29, 0.717) is 5.75 Å². The fourth-order valence-corrected chi connectivity index (χ4v) is 2.41. The van der Waals surface area contributed by atoms with Crippen LogP contribution in [0, 0.1) is 6.92 Å². The molecule has 0 fully saturated rings. The quantitative estimate of drug-likeness (QED) is 0.948. The van der Waals surface area contributed by atoms with Crippen molar-refractivity contribution in [3.05, 3.63) is 45.7 Å². The van der Waals surface area contributed by atoms with Crippen molar-refractivity contribution in [1.29, 1.82) is 0 Å². The van der Waals surface area contributed by atoms with E-state index in [9.17, 15) is 0 Å². The highest BCUT2D eigenvalue weighted by atomic mass is 79.9. The molecule has 5 heteroatoms. The summed E-state index contributed by atoms with van der Waals surface area (Å²) >= 11 is 3.47. The number of benzene rings is 1. The minimum Gasteiger partial charge on any atom is -0.493 e. The molecular weight excluding hydrogens is 294 g/mol. The van der Waals surface area contributed by atoms with Gasteiger partial charge in [0.15, 0.2) is 5.75 Å². The normalized spacial score (nSPS) is 12.5. The van der Waals surface area contributed by atoms with E-state index in [1.807, 2.05) is 32.2 Å². The van der Waals surface area contributed by atoms with Crippen LogP contribution in [0.15, 0.2) is 28.9 Å². The van der Waals surface area contributed by atoms with Gasteiger partial charge in [-0.3, -0.25) is 4.68 Å². The maximum atomic E-state index is 6.35. The maximum absolute atomic E-state index is 6.35. The summed E-state index contributed by atoms with van der Waals surface area (Å²) in [5.74, 6) is 0.712. The van der Waals surface area contributed by atoms with Gasteiger partial charge < -0.3 is 10.5 Å². The molecule has 0 aliphatic rings. The molecule has 2 aromatic rings. The molecule has 1 aromatic carbocycles. The largest absolute Gasteiger partial charge is 0.493 e. The molecule has 0 aliphatic heterocycles. The monoisotopic (exact) mass is 309 g/mol. The van der Waals surface area contributed by atoms with E-state index in [0.717, 1.165) is 21.3 Å². The second kappa shape index (κ2) is 5.12. The van der Waals surface area contributed by atoms with Crippen LogP contribution in [-0.4, -0.2) is 16.9 Å². The van der Waals surface area contributed by atoms with Gasteiger partial charge in [-0.25, -0.2) is 0 Å². The molecule has 0 radical (unpaired) electrons. The first-order chi connectivity index (χ1) is 8.54. The molecule has 2 N–H and O–H groups in total. The van der Waals surface area contributed by atoms with Crippen molar-refractivity contribution >= 4 is 15.9 Å². The van der Waals surface area contributed by atoms with Crippen LogP contribution in [-0.2, 0) is 7.05 Å². The van der Waals surface area contributed by atoms with Gasteiger partial charge in [-0.05, 0) is 30.2 Å². The van der Waals surface area contributed by atoms with Crippen LogP contribution in [0.1, 0.15) is 22.9 Å². The highest BCUT2D eigenvalue weighted by molar-refractivity contribution is 9.10. The minimum atomic E-state index is -0.259. The Labute approximate surface area is 115 Å². The first-order valence-corrected chi connectivity index (χ1v) is 6.41. The number of aromatic nitrogens is 2. The first-order valence-electron chi connectivity index (χ1n) is 5.62. The number of rotatable bonds is 3. The molecule has 0 bridgehead atoms. The Kier molecular flexibility index (Phi) is 3.73. The second-order valence-corrected chi connectivity index (χ2v) is 5.12. The summed E-state index contributed by atoms with van der Waals surface area (Å²) in [4.78, 5) is 0. The third kappa shape index (κ3) is 2.28. The van der Waals surface area contributed by atoms with E-state index in [4.69, 9.17) is 10.5 Å². The number of ether oxygens (including phenoxy) is 1. The Hall–Kier alpha value is -1.33. The van der Waals surface area contributed by atoms with Crippen molar-refractivity contribution in [2.45, 2.75) is 13.0 Å². The number of nitrogens with zero attached hydrogens (tertiary/aromatic N) is 2. The Morgan fingerprint density at radius 2 is 2.17 bits per heavy atom. The molecule has 1 unspecified atom stereocenters. The minimum absolute atomic E-state index is 0.259. The lowest BCUT2D eigenvalue weighted by Gasteiger charge is -2.17. The van der Waals surface area contributed by atoms with Gasteiger partial charge in [0.05, 0.1) is 19.3 Å². The van der Waals surface area contributed by atoms with Gasteiger partial charge in [0.25, 0.3) is 0 Å². The third-order valence-electron chi connectivity index (χ3n) is 3.04. The fraction of sp³-hybridized carbons (Fsp3) is 0.308. The molecule has 18 heavy (non-hydrogen) atoms. The Morgan fingerprint density at radius 1 is 1.44 bits per heavy atom. The maximum Gasteiger partial charge on any atom is 0.161 e. The summed E-state index contributed by atoms with van der Waals surface area (Å²) in [5.41, 5.74) is 9.43. The lowest BCUT2D eigenvalue weighted by Crippen LogP contribution is -2.18. The predicted molar refractivity (Wildman–Crippen MR) is 74.7 cm³/mol. The fourth-order valence-electron chi connectivity index (χ4n) is 2.03. The summed E-state index contributed by atoms with van der Waals surface area (Å²) in [6, 6.07) is 5.82. The topological polar surface area (TPSA) is 53.1 Å². The lowest BCUT2D eigenvalue weighted by atomic mass is 9.99. The van der Waals surface area contributed by atoms with E-state index in [1.54, 1.807) is 18.0 Å². The number of halogens is 1. The number of aryl methyl sites for hydroxylation is 2. The van der Waals surface area contributed by atoms with Crippen LogP contribution in [0.3, 0.4) is 0 Å². The van der Waals surface area contributed by atoms with E-state index in [-0.39, 0.29) is 6.04 Å². The standard InChI is InChI=1S/C13H16BrN3O/c1-8-4-5-9(14)6-10(8)12(15)13-11(18-3)7-16-17(13)2/h4-7,12H,15H2,1-3H3.